The zero-order valence-corrected chi connectivity index (χ0v) is 46.8. The number of aliphatic imine (C=N–C) groups is 2. The van der Waals surface area contributed by atoms with E-state index in [2.05, 4.69) is 9.98 Å². The summed E-state index contributed by atoms with van der Waals surface area (Å²) >= 11 is 0. The van der Waals surface area contributed by atoms with Crippen molar-refractivity contribution >= 4 is 42.3 Å². The molecule has 456 valence electrons. The molecule has 2 aromatic carbocycles. The topological polar surface area (TPSA) is 425 Å². The van der Waals surface area contributed by atoms with Gasteiger partial charge in [-0.05, 0) is 72.5 Å². The quantitative estimate of drug-likeness (QED) is 0.0539. The lowest BCUT2D eigenvalue weighted by Gasteiger charge is -2.43. The van der Waals surface area contributed by atoms with Crippen molar-refractivity contribution in [1.29, 1.82) is 0 Å². The van der Waals surface area contributed by atoms with Gasteiger partial charge in [-0.1, -0.05) is 20.8 Å². The van der Waals surface area contributed by atoms with E-state index in [4.69, 9.17) is 78.9 Å². The maximum atomic E-state index is 11.8. The summed E-state index contributed by atoms with van der Waals surface area (Å²) in [5.41, 5.74) is 12.7. The Morgan fingerprint density at radius 3 is 1.32 bits per heavy atom. The van der Waals surface area contributed by atoms with E-state index in [-0.39, 0.29) is 12.0 Å². The predicted octanol–water partition coefficient (Wildman–Crippen LogP) is -1.72. The second-order valence-electron chi connectivity index (χ2n) is 18.9. The predicted molar refractivity (Wildman–Crippen MR) is 282 cm³/mol. The van der Waals surface area contributed by atoms with E-state index < -0.39 is 153 Å². The third kappa shape index (κ3) is 20.8. The Bertz CT molecular complexity index is 2310. The summed E-state index contributed by atoms with van der Waals surface area (Å²) in [6.45, 7) is 11.1. The molecule has 0 spiro atoms. The van der Waals surface area contributed by atoms with E-state index in [9.17, 15) is 49.5 Å². The zero-order chi connectivity index (χ0) is 60.8. The van der Waals surface area contributed by atoms with Crippen LogP contribution in [0.3, 0.4) is 0 Å². The van der Waals surface area contributed by atoms with Gasteiger partial charge in [-0.2, -0.15) is 0 Å². The number of benzene rings is 2. The molecule has 6 rings (SSSR count). The lowest BCUT2D eigenvalue weighted by atomic mass is 9.88. The average molecular weight is 1160 g/mol. The van der Waals surface area contributed by atoms with Crippen LogP contribution in [0.15, 0.2) is 58.5 Å². The molecule has 4 aliphatic rings. The number of hydrogen-bond donors (Lipinski definition) is 10. The second kappa shape index (κ2) is 33.9. The molecule has 28 nitrogen and oxygen atoms in total. The minimum Gasteiger partial charge on any atom is -0.497 e. The van der Waals surface area contributed by atoms with Gasteiger partial charge in [0.2, 0.25) is 12.6 Å². The lowest BCUT2D eigenvalue weighted by molar-refractivity contribution is -0.260. The highest BCUT2D eigenvalue weighted by molar-refractivity contribution is 5.80. The van der Waals surface area contributed by atoms with E-state index >= 15 is 0 Å². The first kappa shape index (κ1) is 69.4. The smallest absolute Gasteiger partial charge is 0.305 e. The summed E-state index contributed by atoms with van der Waals surface area (Å²) in [5.74, 6) is -1.24. The van der Waals surface area contributed by atoms with Crippen molar-refractivity contribution in [2.24, 2.45) is 27.4 Å². The summed E-state index contributed by atoms with van der Waals surface area (Å²) in [7, 11) is 3.13. The molecule has 4 fully saturated rings. The van der Waals surface area contributed by atoms with Crippen LogP contribution in [0, 0.1) is 5.92 Å². The van der Waals surface area contributed by atoms with Crippen molar-refractivity contribution in [2.45, 2.75) is 185 Å². The van der Waals surface area contributed by atoms with Crippen LogP contribution in [0.1, 0.15) is 79.4 Å². The van der Waals surface area contributed by atoms with Crippen molar-refractivity contribution in [3.8, 4) is 11.5 Å². The molecule has 0 saturated carbocycles. The Balaban J connectivity index is 0.000000298. The van der Waals surface area contributed by atoms with Crippen LogP contribution in [0.5, 0.6) is 11.5 Å². The highest BCUT2D eigenvalue weighted by atomic mass is 16.7. The molecular weight excluding hydrogens is 1080 g/mol. The number of aliphatic hydroxyl groups excluding tert-OH is 8. The first-order valence-corrected chi connectivity index (χ1v) is 25.9. The van der Waals surface area contributed by atoms with Gasteiger partial charge in [0.15, 0.2) is 30.8 Å². The van der Waals surface area contributed by atoms with Gasteiger partial charge in [-0.25, -0.2) is 0 Å². The monoisotopic (exact) mass is 1160 g/mol. The van der Waals surface area contributed by atoms with Gasteiger partial charge in [0.1, 0.15) is 72.4 Å². The first-order valence-electron chi connectivity index (χ1n) is 25.9. The Hall–Kier alpha value is -5.83. The fourth-order valence-corrected chi connectivity index (χ4v) is 8.60. The van der Waals surface area contributed by atoms with Gasteiger partial charge in [0.25, 0.3) is 0 Å². The Labute approximate surface area is 468 Å². The number of rotatable bonds is 15. The SMILES string of the molecule is CCC1OC(OC(C)=O)C(N)C(OC(C)=O)C1C.CCC1OC(OC(C)=O)C(N=Cc2ccc(OC)cc2)C(OC(C)=O)C1OC(C)=O.COc1ccc(C=NC2C(O)OC(CO)C(O)C2O)cc1.NC1C(O)OC(CO)C(O)C1O. The first-order chi connectivity index (χ1) is 38.2. The molecule has 81 heavy (non-hydrogen) atoms. The molecule has 0 bridgehead atoms. The van der Waals surface area contributed by atoms with Crippen LogP contribution in [0.2, 0.25) is 0 Å². The van der Waals surface area contributed by atoms with Crippen LogP contribution < -0.4 is 20.9 Å². The number of nitrogens with zero attached hydrogens (tertiary/aromatic N) is 2. The zero-order valence-electron chi connectivity index (χ0n) is 46.8. The molecule has 28 heteroatoms. The fourth-order valence-electron chi connectivity index (χ4n) is 8.60. The van der Waals surface area contributed by atoms with E-state index in [1.165, 1.54) is 47.0 Å². The van der Waals surface area contributed by atoms with Crippen molar-refractivity contribution < 1.29 is 117 Å². The molecule has 4 aliphatic heterocycles. The van der Waals surface area contributed by atoms with Gasteiger partial charge >= 0.3 is 29.8 Å². The largest absolute Gasteiger partial charge is 0.497 e. The standard InChI is InChI=1S/C21H27NO8.C14H19NO6.C12H21NO5.C6H13NO5/c1-6-17-19(27-12(2)23)20(28-13(3)24)18(21(30-17)29-14(4)25)22-11-15-7-9-16(26-5)10-8-15;1-20-9-4-2-8(3-5-9)6-15-11-13(18)12(17)10(7-16)21-14(11)19;1-5-9-6(2)11(16-7(3)14)10(13)12(18-9)17-8(4)15;7-3-5(10)4(9)2(1-8)12-6(3)11/h7-11,17-21H,6H2,1-5H3;2-6,10-14,16-19H,7H2,1H3;6,9-12H,5,13H2,1-4H3;2-6,8-11H,1,7H2. The van der Waals surface area contributed by atoms with Gasteiger partial charge < -0.3 is 104 Å². The van der Waals surface area contributed by atoms with Crippen LogP contribution in [-0.2, 0) is 66.6 Å². The Kier molecular flexibility index (Phi) is 29.1. The van der Waals surface area contributed by atoms with Gasteiger partial charge in [-0.15, -0.1) is 0 Å². The molecule has 2 aromatic rings. The fraction of sp³-hybridized carbons (Fsp3) is 0.642. The Morgan fingerprint density at radius 2 is 0.889 bits per heavy atom. The molecule has 4 heterocycles. The molecule has 4 saturated heterocycles. The normalized spacial score (nSPS) is 33.6. The van der Waals surface area contributed by atoms with Gasteiger partial charge in [0.05, 0.1) is 39.6 Å². The second-order valence-corrected chi connectivity index (χ2v) is 18.9. The highest BCUT2D eigenvalue weighted by Gasteiger charge is 2.51. The van der Waals surface area contributed by atoms with Crippen molar-refractivity contribution in [2.75, 3.05) is 27.4 Å². The van der Waals surface area contributed by atoms with Crippen LogP contribution >= 0.6 is 0 Å². The van der Waals surface area contributed by atoms with Crippen LogP contribution in [-0.4, -0.2) is 227 Å². The number of nitrogens with two attached hydrogens (primary N) is 2. The summed E-state index contributed by atoms with van der Waals surface area (Å²) in [5, 5.41) is 74.5. The summed E-state index contributed by atoms with van der Waals surface area (Å²) in [4.78, 5) is 65.7. The number of ether oxygens (including phenoxy) is 11. The lowest BCUT2D eigenvalue weighted by Crippen LogP contribution is -2.61. The number of carbonyl (C=O) groups is 5. The minimum absolute atomic E-state index is 0.0410. The molecule has 0 amide bonds. The van der Waals surface area contributed by atoms with Crippen LogP contribution in [0.4, 0.5) is 0 Å². The number of esters is 5. The third-order valence-corrected chi connectivity index (χ3v) is 12.8. The molecule has 0 aromatic heterocycles. The number of aliphatic hydroxyl groups is 8. The highest BCUT2D eigenvalue weighted by Crippen LogP contribution is 2.32. The summed E-state index contributed by atoms with van der Waals surface area (Å²) in [6, 6.07) is 10.5. The van der Waals surface area contributed by atoms with Crippen molar-refractivity contribution in [3.63, 3.8) is 0 Å². The number of carbonyl (C=O) groups excluding carboxylic acids is 5. The molecular formula is C53H80N4O24. The van der Waals surface area contributed by atoms with Crippen molar-refractivity contribution in [3.05, 3.63) is 59.7 Å². The Morgan fingerprint density at radius 1 is 0.494 bits per heavy atom. The van der Waals surface area contributed by atoms with E-state index in [1.54, 1.807) is 62.8 Å². The number of hydrogen-bond acceptors (Lipinski definition) is 28. The van der Waals surface area contributed by atoms with E-state index in [0.29, 0.717) is 17.9 Å². The maximum absolute atomic E-state index is 11.8. The maximum Gasteiger partial charge on any atom is 0.305 e. The third-order valence-electron chi connectivity index (χ3n) is 12.8. The molecule has 20 unspecified atom stereocenters. The van der Waals surface area contributed by atoms with Crippen molar-refractivity contribution in [1.82, 2.24) is 0 Å². The average Bonchev–Trinajstić information content (AvgIpc) is 3.47. The number of methoxy groups -OCH3 is 2. The minimum atomic E-state index is -1.39. The van der Waals surface area contributed by atoms with Gasteiger partial charge in [-0.3, -0.25) is 34.0 Å². The van der Waals surface area contributed by atoms with E-state index in [0.717, 1.165) is 17.5 Å². The van der Waals surface area contributed by atoms with Gasteiger partial charge in [0, 0.05) is 53.0 Å². The van der Waals surface area contributed by atoms with Crippen LogP contribution in [0.25, 0.3) is 0 Å². The molecule has 0 aliphatic carbocycles. The molecule has 0 radical (unpaired) electrons. The molecule has 12 N–H and O–H groups in total. The summed E-state index contributed by atoms with van der Waals surface area (Å²) < 4.78 is 57.8. The molecule has 20 atom stereocenters. The van der Waals surface area contributed by atoms with E-state index in [1.807, 2.05) is 20.8 Å². The summed E-state index contributed by atoms with van der Waals surface area (Å²) in [6.07, 6.45) is -10.9.